The van der Waals surface area contributed by atoms with Crippen LogP contribution in [0, 0.1) is 3.57 Å². The van der Waals surface area contributed by atoms with E-state index in [4.69, 9.17) is 0 Å². The standard InChI is InChI=1S/C10H8BrIS2/c1-13-10-4-6-2-8(12)7(5-11)3-9(6)14-10/h2-4H,5H2,1H3. The molecule has 14 heavy (non-hydrogen) atoms. The van der Waals surface area contributed by atoms with Gasteiger partial charge in [0.25, 0.3) is 0 Å². The highest BCUT2D eigenvalue weighted by molar-refractivity contribution is 14.1. The summed E-state index contributed by atoms with van der Waals surface area (Å²) < 4.78 is 4.13. The van der Waals surface area contributed by atoms with E-state index >= 15 is 0 Å². The van der Waals surface area contributed by atoms with Gasteiger partial charge < -0.3 is 0 Å². The highest BCUT2D eigenvalue weighted by Crippen LogP contribution is 2.34. The van der Waals surface area contributed by atoms with Gasteiger partial charge in [-0.3, -0.25) is 0 Å². The maximum Gasteiger partial charge on any atom is 0.0608 e. The van der Waals surface area contributed by atoms with Crippen molar-refractivity contribution in [3.63, 3.8) is 0 Å². The van der Waals surface area contributed by atoms with Crippen LogP contribution in [0.2, 0.25) is 0 Å². The first-order valence-corrected chi connectivity index (χ1v) is 8.30. The van der Waals surface area contributed by atoms with E-state index in [1.807, 2.05) is 23.1 Å². The molecule has 1 aromatic heterocycles. The van der Waals surface area contributed by atoms with Gasteiger partial charge in [-0.25, -0.2) is 0 Å². The molecule has 4 heteroatoms. The Labute approximate surface area is 114 Å². The zero-order valence-corrected chi connectivity index (χ0v) is 12.9. The molecule has 0 aliphatic heterocycles. The SMILES string of the molecule is CSc1cc2cc(I)c(CBr)cc2s1. The van der Waals surface area contributed by atoms with Crippen molar-refractivity contribution in [3.05, 3.63) is 27.3 Å². The van der Waals surface area contributed by atoms with Crippen LogP contribution in [0.1, 0.15) is 5.56 Å². The number of hydrogen-bond acceptors (Lipinski definition) is 2. The fourth-order valence-corrected chi connectivity index (χ4v) is 4.64. The van der Waals surface area contributed by atoms with Gasteiger partial charge in [-0.1, -0.05) is 15.9 Å². The van der Waals surface area contributed by atoms with Crippen LogP contribution in [0.25, 0.3) is 10.1 Å². The number of halogens is 2. The average Bonchev–Trinajstić information content (AvgIpc) is 2.58. The predicted octanol–water partition coefficient (Wildman–Crippen LogP) is 5.12. The van der Waals surface area contributed by atoms with Gasteiger partial charge in [0.05, 0.1) is 4.21 Å². The van der Waals surface area contributed by atoms with Crippen LogP contribution in [-0.4, -0.2) is 6.26 Å². The monoisotopic (exact) mass is 398 g/mol. The molecule has 0 N–H and O–H groups in total. The minimum Gasteiger partial charge on any atom is -0.129 e. The number of hydrogen-bond donors (Lipinski definition) is 0. The Balaban J connectivity index is 2.64. The van der Waals surface area contributed by atoms with Crippen molar-refractivity contribution in [1.29, 1.82) is 0 Å². The quantitative estimate of drug-likeness (QED) is 0.384. The second-order valence-electron chi connectivity index (χ2n) is 2.88. The molecule has 0 spiro atoms. The Bertz CT molecular complexity index is 464. The number of rotatable bonds is 2. The van der Waals surface area contributed by atoms with Crippen LogP contribution in [0.4, 0.5) is 0 Å². The van der Waals surface area contributed by atoms with Crippen LogP contribution in [0.15, 0.2) is 22.4 Å². The molecule has 0 fully saturated rings. The fraction of sp³-hybridized carbons (Fsp3) is 0.200. The molecule has 0 atom stereocenters. The summed E-state index contributed by atoms with van der Waals surface area (Å²) >= 11 is 9.60. The molecule has 0 unspecified atom stereocenters. The van der Waals surface area contributed by atoms with Crippen molar-refractivity contribution in [3.8, 4) is 0 Å². The van der Waals surface area contributed by atoms with Gasteiger partial charge in [0, 0.05) is 13.6 Å². The molecule has 0 aliphatic carbocycles. The molecular weight excluding hydrogens is 391 g/mol. The zero-order chi connectivity index (χ0) is 10.1. The maximum absolute atomic E-state index is 3.51. The Kier molecular flexibility index (Phi) is 3.79. The Morgan fingerprint density at radius 1 is 1.43 bits per heavy atom. The second-order valence-corrected chi connectivity index (χ2v) is 6.80. The lowest BCUT2D eigenvalue weighted by Crippen LogP contribution is -1.81. The van der Waals surface area contributed by atoms with Crippen molar-refractivity contribution < 1.29 is 0 Å². The molecule has 0 amide bonds. The van der Waals surface area contributed by atoms with E-state index in [0.717, 1.165) is 5.33 Å². The van der Waals surface area contributed by atoms with Gasteiger partial charge in [0.2, 0.25) is 0 Å². The Morgan fingerprint density at radius 2 is 2.21 bits per heavy atom. The average molecular weight is 399 g/mol. The summed E-state index contributed by atoms with van der Waals surface area (Å²) in [4.78, 5) is 0. The van der Waals surface area contributed by atoms with Crippen molar-refractivity contribution >= 4 is 71.7 Å². The molecule has 0 aliphatic rings. The van der Waals surface area contributed by atoms with E-state index in [1.54, 1.807) is 0 Å². The number of benzene rings is 1. The van der Waals surface area contributed by atoms with Crippen molar-refractivity contribution in [2.75, 3.05) is 6.26 Å². The predicted molar refractivity (Wildman–Crippen MR) is 79.0 cm³/mol. The first-order valence-electron chi connectivity index (χ1n) is 4.06. The van der Waals surface area contributed by atoms with Crippen LogP contribution >= 0.6 is 61.6 Å². The molecule has 0 radical (unpaired) electrons. The highest BCUT2D eigenvalue weighted by atomic mass is 127. The molecule has 0 saturated carbocycles. The van der Waals surface area contributed by atoms with Crippen molar-refractivity contribution in [2.24, 2.45) is 0 Å². The second kappa shape index (κ2) is 4.72. The molecule has 1 heterocycles. The first kappa shape index (κ1) is 11.2. The fourth-order valence-electron chi connectivity index (χ4n) is 1.28. The molecule has 0 nitrogen and oxygen atoms in total. The summed E-state index contributed by atoms with van der Waals surface area (Å²) in [5, 5.41) is 2.31. The molecule has 74 valence electrons. The molecular formula is C10H8BrIS2. The maximum atomic E-state index is 3.51. The molecule has 0 bridgehead atoms. The minimum absolute atomic E-state index is 0.938. The van der Waals surface area contributed by atoms with Crippen LogP contribution in [0.3, 0.4) is 0 Å². The Morgan fingerprint density at radius 3 is 2.86 bits per heavy atom. The van der Waals surface area contributed by atoms with E-state index in [-0.39, 0.29) is 0 Å². The van der Waals surface area contributed by atoms with E-state index < -0.39 is 0 Å². The van der Waals surface area contributed by atoms with E-state index in [1.165, 1.54) is 23.4 Å². The lowest BCUT2D eigenvalue weighted by molar-refractivity contribution is 1.43. The third-order valence-electron chi connectivity index (χ3n) is 2.01. The lowest BCUT2D eigenvalue weighted by Gasteiger charge is -1.99. The number of alkyl halides is 1. The largest absolute Gasteiger partial charge is 0.129 e. The summed E-state index contributed by atoms with van der Waals surface area (Å²) in [7, 11) is 0. The lowest BCUT2D eigenvalue weighted by atomic mass is 10.2. The van der Waals surface area contributed by atoms with Crippen molar-refractivity contribution in [1.82, 2.24) is 0 Å². The van der Waals surface area contributed by atoms with Gasteiger partial charge in [0.1, 0.15) is 0 Å². The summed E-state index contributed by atoms with van der Waals surface area (Å²) in [6.45, 7) is 0. The minimum atomic E-state index is 0.938. The zero-order valence-electron chi connectivity index (χ0n) is 7.51. The number of thioether (sulfide) groups is 1. The number of thiophene rings is 1. The smallest absolute Gasteiger partial charge is 0.0608 e. The number of fused-ring (bicyclic) bond motifs is 1. The molecule has 0 saturated heterocycles. The van der Waals surface area contributed by atoms with E-state index in [9.17, 15) is 0 Å². The van der Waals surface area contributed by atoms with Crippen LogP contribution in [-0.2, 0) is 5.33 Å². The highest BCUT2D eigenvalue weighted by Gasteiger charge is 2.05. The normalized spacial score (nSPS) is 11.1. The summed E-state index contributed by atoms with van der Waals surface area (Å²) in [5.41, 5.74) is 1.38. The third kappa shape index (κ3) is 2.13. The van der Waals surface area contributed by atoms with Crippen LogP contribution < -0.4 is 0 Å². The van der Waals surface area contributed by atoms with E-state index in [0.29, 0.717) is 0 Å². The van der Waals surface area contributed by atoms with Gasteiger partial charge in [-0.05, 0) is 58.0 Å². The molecule has 2 aromatic rings. The topological polar surface area (TPSA) is 0 Å². The van der Waals surface area contributed by atoms with Gasteiger partial charge in [-0.2, -0.15) is 0 Å². The van der Waals surface area contributed by atoms with E-state index in [2.05, 4.69) is 63.0 Å². The molecule has 2 rings (SSSR count). The third-order valence-corrected chi connectivity index (χ3v) is 5.78. The first-order chi connectivity index (χ1) is 6.74. The summed E-state index contributed by atoms with van der Waals surface area (Å²) in [6, 6.07) is 6.82. The molecule has 1 aromatic carbocycles. The van der Waals surface area contributed by atoms with Gasteiger partial charge in [-0.15, -0.1) is 23.1 Å². The summed E-state index contributed by atoms with van der Waals surface area (Å²) in [6.07, 6.45) is 2.13. The Hall–Kier alpha value is 0.740. The van der Waals surface area contributed by atoms with Gasteiger partial charge in [0.15, 0.2) is 0 Å². The van der Waals surface area contributed by atoms with Crippen molar-refractivity contribution in [2.45, 2.75) is 9.54 Å². The summed E-state index contributed by atoms with van der Waals surface area (Å²) in [5.74, 6) is 0. The van der Waals surface area contributed by atoms with Gasteiger partial charge >= 0.3 is 0 Å². The van der Waals surface area contributed by atoms with Crippen LogP contribution in [0.5, 0.6) is 0 Å².